The third-order valence-corrected chi connectivity index (χ3v) is 4.63. The second-order valence-corrected chi connectivity index (χ2v) is 7.35. The molecule has 27 heavy (non-hydrogen) atoms. The molecule has 0 fully saturated rings. The molecule has 0 aromatic carbocycles. The molecule has 0 saturated carbocycles. The topological polar surface area (TPSA) is 99.0 Å². The Labute approximate surface area is 158 Å². The molecule has 1 amide bonds. The van der Waals surface area contributed by atoms with Crippen LogP contribution in [-0.2, 0) is 0 Å². The largest absolute Gasteiger partial charge is 0.466 e. The maximum atomic E-state index is 12.9. The molecule has 3 heterocycles. The van der Waals surface area contributed by atoms with Gasteiger partial charge in [0.15, 0.2) is 5.65 Å². The number of carbonyl (C=O) groups excluding carboxylic acids is 1. The van der Waals surface area contributed by atoms with E-state index in [4.69, 9.17) is 15.1 Å². The molecule has 3 aromatic rings. The smallest absolute Gasteiger partial charge is 0.252 e. The number of hydrogen-bond donors (Lipinski definition) is 2. The van der Waals surface area contributed by atoms with Gasteiger partial charge in [0.05, 0.1) is 22.8 Å². The first-order valence-corrected chi connectivity index (χ1v) is 9.25. The minimum atomic E-state index is -0.148. The molecule has 0 aliphatic heterocycles. The highest BCUT2D eigenvalue weighted by Gasteiger charge is 2.20. The number of nitrogens with one attached hydrogen (secondary N) is 1. The number of carbonyl (C=O) groups is 1. The van der Waals surface area contributed by atoms with Crippen LogP contribution in [-0.4, -0.2) is 33.8 Å². The lowest BCUT2D eigenvalue weighted by Crippen LogP contribution is -2.31. The fourth-order valence-electron chi connectivity index (χ4n) is 3.05. The lowest BCUT2D eigenvalue weighted by molar-refractivity contribution is 0.0950. The van der Waals surface area contributed by atoms with E-state index in [0.717, 1.165) is 22.5 Å². The van der Waals surface area contributed by atoms with Gasteiger partial charge in [0.25, 0.3) is 5.91 Å². The summed E-state index contributed by atoms with van der Waals surface area (Å²) in [5.74, 6) is 1.65. The highest BCUT2D eigenvalue weighted by Crippen LogP contribution is 2.30. The van der Waals surface area contributed by atoms with Gasteiger partial charge in [-0.2, -0.15) is 5.10 Å². The summed E-state index contributed by atoms with van der Waals surface area (Å²) in [6, 6.07) is 3.89. The van der Waals surface area contributed by atoms with Crippen molar-refractivity contribution in [2.75, 3.05) is 13.1 Å². The molecular formula is C20H27N5O2. The molecule has 144 valence electrons. The molecule has 3 N–H and O–H groups in total. The van der Waals surface area contributed by atoms with Crippen LogP contribution in [0.15, 0.2) is 22.7 Å². The Balaban J connectivity index is 2.13. The Morgan fingerprint density at radius 2 is 2.04 bits per heavy atom. The number of rotatable bonds is 6. The molecule has 7 heteroatoms. The van der Waals surface area contributed by atoms with E-state index in [1.165, 1.54) is 0 Å². The van der Waals surface area contributed by atoms with Crippen LogP contribution >= 0.6 is 0 Å². The van der Waals surface area contributed by atoms with E-state index in [1.807, 2.05) is 51.4 Å². The van der Waals surface area contributed by atoms with Crippen molar-refractivity contribution < 1.29 is 9.21 Å². The third kappa shape index (κ3) is 3.73. The minimum Gasteiger partial charge on any atom is -0.466 e. The van der Waals surface area contributed by atoms with Gasteiger partial charge in [-0.15, -0.1) is 0 Å². The number of aryl methyl sites for hydroxylation is 2. The average Bonchev–Trinajstić information content (AvgIpc) is 3.20. The van der Waals surface area contributed by atoms with E-state index >= 15 is 0 Å². The molecule has 0 saturated heterocycles. The first-order valence-electron chi connectivity index (χ1n) is 9.25. The van der Waals surface area contributed by atoms with Gasteiger partial charge in [0.1, 0.15) is 11.5 Å². The summed E-state index contributed by atoms with van der Waals surface area (Å²) in [6.07, 6.45) is 1.71. The van der Waals surface area contributed by atoms with Gasteiger partial charge in [-0.3, -0.25) is 4.79 Å². The van der Waals surface area contributed by atoms with Crippen molar-refractivity contribution in [3.63, 3.8) is 0 Å². The van der Waals surface area contributed by atoms with E-state index in [1.54, 1.807) is 6.20 Å². The summed E-state index contributed by atoms with van der Waals surface area (Å²) >= 11 is 0. The molecular weight excluding hydrogens is 342 g/mol. The Morgan fingerprint density at radius 3 is 2.63 bits per heavy atom. The van der Waals surface area contributed by atoms with Crippen molar-refractivity contribution in [3.8, 4) is 11.3 Å². The van der Waals surface area contributed by atoms with Gasteiger partial charge >= 0.3 is 0 Å². The van der Waals surface area contributed by atoms with Crippen LogP contribution in [0.2, 0.25) is 0 Å². The zero-order chi connectivity index (χ0) is 19.7. The second kappa shape index (κ2) is 7.52. The SMILES string of the molecule is Cc1cc(-c2cc(C(=O)NCC(C)CN)c3cnn(C(C)C)c3n2)c(C)o1. The third-order valence-electron chi connectivity index (χ3n) is 4.63. The monoisotopic (exact) mass is 369 g/mol. The Kier molecular flexibility index (Phi) is 5.32. The summed E-state index contributed by atoms with van der Waals surface area (Å²) in [4.78, 5) is 17.7. The first kappa shape index (κ1) is 19.1. The molecule has 0 radical (unpaired) electrons. The molecule has 0 spiro atoms. The lowest BCUT2D eigenvalue weighted by atomic mass is 10.1. The van der Waals surface area contributed by atoms with E-state index in [2.05, 4.69) is 10.4 Å². The van der Waals surface area contributed by atoms with Crippen LogP contribution in [0.4, 0.5) is 0 Å². The van der Waals surface area contributed by atoms with Gasteiger partial charge in [0.2, 0.25) is 0 Å². The maximum absolute atomic E-state index is 12.9. The molecule has 0 bridgehead atoms. The van der Waals surface area contributed by atoms with Gasteiger partial charge in [-0.1, -0.05) is 6.92 Å². The summed E-state index contributed by atoms with van der Waals surface area (Å²) in [5.41, 5.74) is 8.50. The first-order chi connectivity index (χ1) is 12.8. The second-order valence-electron chi connectivity index (χ2n) is 7.35. The van der Waals surface area contributed by atoms with E-state index in [9.17, 15) is 4.79 Å². The molecule has 7 nitrogen and oxygen atoms in total. The summed E-state index contributed by atoms with van der Waals surface area (Å²) in [6.45, 7) is 10.9. The van der Waals surface area contributed by atoms with Crippen LogP contribution in [0.1, 0.15) is 48.7 Å². The van der Waals surface area contributed by atoms with Crippen LogP contribution in [0, 0.1) is 19.8 Å². The standard InChI is InChI=1S/C20H27N5O2/c1-11(2)25-19-17(10-23-25)16(20(26)22-9-12(3)8-21)7-18(24-19)15-6-13(4)27-14(15)5/h6-7,10-12H,8-9,21H2,1-5H3,(H,22,26). The quantitative estimate of drug-likeness (QED) is 0.695. The highest BCUT2D eigenvalue weighted by atomic mass is 16.3. The number of nitrogens with two attached hydrogens (primary N) is 1. The van der Waals surface area contributed by atoms with Gasteiger partial charge < -0.3 is 15.5 Å². The fourth-order valence-corrected chi connectivity index (χ4v) is 3.05. The zero-order valence-electron chi connectivity index (χ0n) is 16.5. The molecule has 0 aliphatic rings. The number of amides is 1. The summed E-state index contributed by atoms with van der Waals surface area (Å²) in [7, 11) is 0. The Hall–Kier alpha value is -2.67. The molecule has 3 aromatic heterocycles. The van der Waals surface area contributed by atoms with Gasteiger partial charge in [-0.25, -0.2) is 9.67 Å². The predicted molar refractivity (Wildman–Crippen MR) is 106 cm³/mol. The van der Waals surface area contributed by atoms with Crippen molar-refractivity contribution >= 4 is 16.9 Å². The zero-order valence-corrected chi connectivity index (χ0v) is 16.5. The van der Waals surface area contributed by atoms with Gasteiger partial charge in [-0.05, 0) is 52.3 Å². The van der Waals surface area contributed by atoms with E-state index in [-0.39, 0.29) is 17.9 Å². The Bertz CT molecular complexity index is 970. The van der Waals surface area contributed by atoms with Gasteiger partial charge in [0, 0.05) is 18.2 Å². The van der Waals surface area contributed by atoms with Crippen molar-refractivity contribution in [3.05, 3.63) is 35.4 Å². The number of pyridine rings is 1. The van der Waals surface area contributed by atoms with Crippen molar-refractivity contribution in [2.24, 2.45) is 11.7 Å². The minimum absolute atomic E-state index is 0.130. The summed E-state index contributed by atoms with van der Waals surface area (Å²) < 4.78 is 7.49. The maximum Gasteiger partial charge on any atom is 0.252 e. The van der Waals surface area contributed by atoms with Crippen LogP contribution in [0.25, 0.3) is 22.3 Å². The normalized spacial score (nSPS) is 12.7. The number of hydrogen-bond acceptors (Lipinski definition) is 5. The predicted octanol–water partition coefficient (Wildman–Crippen LogP) is 3.21. The fraction of sp³-hybridized carbons (Fsp3) is 0.450. The van der Waals surface area contributed by atoms with Crippen molar-refractivity contribution in [1.29, 1.82) is 0 Å². The van der Waals surface area contributed by atoms with E-state index in [0.29, 0.717) is 30.0 Å². The van der Waals surface area contributed by atoms with E-state index < -0.39 is 0 Å². The highest BCUT2D eigenvalue weighted by molar-refractivity contribution is 6.06. The molecule has 1 atom stereocenters. The Morgan fingerprint density at radius 1 is 1.30 bits per heavy atom. The lowest BCUT2D eigenvalue weighted by Gasteiger charge is -2.12. The van der Waals surface area contributed by atoms with Crippen LogP contribution in [0.5, 0.6) is 0 Å². The number of aromatic nitrogens is 3. The molecule has 3 rings (SSSR count). The molecule has 1 unspecified atom stereocenters. The average molecular weight is 369 g/mol. The number of nitrogens with zero attached hydrogens (tertiary/aromatic N) is 3. The molecule has 0 aliphatic carbocycles. The van der Waals surface area contributed by atoms with Crippen molar-refractivity contribution in [2.45, 2.75) is 40.7 Å². The van der Waals surface area contributed by atoms with Crippen LogP contribution < -0.4 is 11.1 Å². The number of furan rings is 1. The van der Waals surface area contributed by atoms with Crippen molar-refractivity contribution in [1.82, 2.24) is 20.1 Å². The summed E-state index contributed by atoms with van der Waals surface area (Å²) in [5, 5.41) is 8.15. The van der Waals surface area contributed by atoms with Crippen LogP contribution in [0.3, 0.4) is 0 Å². The number of fused-ring (bicyclic) bond motifs is 1.